The van der Waals surface area contributed by atoms with E-state index in [4.69, 9.17) is 9.84 Å². The summed E-state index contributed by atoms with van der Waals surface area (Å²) in [5.74, 6) is 0.309. The Bertz CT molecular complexity index is 1100. The molecule has 0 spiro atoms. The van der Waals surface area contributed by atoms with Gasteiger partial charge in [-0.2, -0.15) is 5.26 Å². The maximum Gasteiger partial charge on any atom is 0.405 e. The van der Waals surface area contributed by atoms with E-state index in [-0.39, 0.29) is 11.8 Å². The van der Waals surface area contributed by atoms with Gasteiger partial charge in [0.1, 0.15) is 11.6 Å². The number of ether oxygens (including phenoxy) is 1. The monoisotopic (exact) mass is 405 g/mol. The first kappa shape index (κ1) is 21.0. The SMILES string of the molecule is CC(COc1ncc(-c2ccnc3ccncc23)cc1C#N)CC(C)(C)NC(=O)O. The Morgan fingerprint density at radius 3 is 2.83 bits per heavy atom. The first-order chi connectivity index (χ1) is 14.3. The van der Waals surface area contributed by atoms with E-state index in [1.54, 1.807) is 30.9 Å². The number of nitrogens with one attached hydrogen (secondary N) is 1. The number of nitriles is 1. The Hall–Kier alpha value is -3.73. The molecule has 8 heteroatoms. The number of carboxylic acid groups (broad SMARTS) is 1. The molecule has 0 saturated heterocycles. The Morgan fingerprint density at radius 2 is 2.10 bits per heavy atom. The highest BCUT2D eigenvalue weighted by molar-refractivity contribution is 5.93. The molecule has 0 aliphatic carbocycles. The molecular formula is C22H23N5O3. The van der Waals surface area contributed by atoms with E-state index in [2.05, 4.69) is 26.3 Å². The van der Waals surface area contributed by atoms with E-state index in [0.29, 0.717) is 18.6 Å². The maximum atomic E-state index is 10.9. The minimum absolute atomic E-state index is 0.0510. The van der Waals surface area contributed by atoms with E-state index in [0.717, 1.165) is 22.0 Å². The van der Waals surface area contributed by atoms with Gasteiger partial charge in [-0.3, -0.25) is 9.97 Å². The molecule has 1 unspecified atom stereocenters. The number of aromatic nitrogens is 3. The van der Waals surface area contributed by atoms with Crippen LogP contribution in [0.1, 0.15) is 32.8 Å². The fraction of sp³-hybridized carbons (Fsp3) is 0.318. The maximum absolute atomic E-state index is 10.9. The number of carbonyl (C=O) groups is 1. The molecule has 3 aromatic rings. The van der Waals surface area contributed by atoms with Gasteiger partial charge in [-0.1, -0.05) is 6.92 Å². The number of hydrogen-bond acceptors (Lipinski definition) is 6. The van der Waals surface area contributed by atoms with Gasteiger partial charge in [0.25, 0.3) is 0 Å². The number of nitrogens with zero attached hydrogens (tertiary/aromatic N) is 4. The van der Waals surface area contributed by atoms with Crippen LogP contribution in [0.25, 0.3) is 22.0 Å². The Kier molecular flexibility index (Phi) is 6.11. The second-order valence-electron chi connectivity index (χ2n) is 7.87. The molecule has 0 aliphatic rings. The van der Waals surface area contributed by atoms with Crippen LogP contribution < -0.4 is 10.1 Å². The molecule has 0 fully saturated rings. The van der Waals surface area contributed by atoms with Crippen LogP contribution in [0.3, 0.4) is 0 Å². The number of fused-ring (bicyclic) bond motifs is 1. The zero-order chi connectivity index (χ0) is 21.7. The predicted octanol–water partition coefficient (Wildman–Crippen LogP) is 4.01. The van der Waals surface area contributed by atoms with Crippen LogP contribution in [0.4, 0.5) is 4.79 Å². The molecule has 30 heavy (non-hydrogen) atoms. The van der Waals surface area contributed by atoms with Crippen LogP contribution in [0.2, 0.25) is 0 Å². The van der Waals surface area contributed by atoms with Gasteiger partial charge >= 0.3 is 6.09 Å². The minimum atomic E-state index is -1.06. The van der Waals surface area contributed by atoms with E-state index in [1.807, 2.05) is 32.9 Å². The summed E-state index contributed by atoms with van der Waals surface area (Å²) in [6, 6.07) is 7.58. The van der Waals surface area contributed by atoms with Gasteiger partial charge in [-0.05, 0) is 49.9 Å². The molecule has 1 amide bonds. The fourth-order valence-electron chi connectivity index (χ4n) is 3.53. The molecule has 0 radical (unpaired) electrons. The summed E-state index contributed by atoms with van der Waals surface area (Å²) in [5.41, 5.74) is 2.22. The third-order valence-corrected chi connectivity index (χ3v) is 4.63. The first-order valence-electron chi connectivity index (χ1n) is 9.52. The number of pyridine rings is 3. The second kappa shape index (κ2) is 8.74. The van der Waals surface area contributed by atoms with Gasteiger partial charge in [-0.15, -0.1) is 0 Å². The zero-order valence-corrected chi connectivity index (χ0v) is 17.1. The average Bonchev–Trinajstić information content (AvgIpc) is 2.70. The van der Waals surface area contributed by atoms with Crippen molar-refractivity contribution in [3.05, 3.63) is 48.5 Å². The molecule has 0 saturated carbocycles. The Balaban J connectivity index is 1.77. The highest BCUT2D eigenvalue weighted by Gasteiger charge is 2.23. The molecule has 3 rings (SSSR count). The van der Waals surface area contributed by atoms with Crippen molar-refractivity contribution < 1.29 is 14.6 Å². The molecule has 2 N–H and O–H groups in total. The van der Waals surface area contributed by atoms with Crippen LogP contribution >= 0.6 is 0 Å². The number of amides is 1. The van der Waals surface area contributed by atoms with Crippen molar-refractivity contribution in [3.63, 3.8) is 0 Å². The van der Waals surface area contributed by atoms with Crippen molar-refractivity contribution in [2.45, 2.75) is 32.7 Å². The molecular weight excluding hydrogens is 382 g/mol. The van der Waals surface area contributed by atoms with Crippen LogP contribution in [0.5, 0.6) is 5.88 Å². The van der Waals surface area contributed by atoms with Gasteiger partial charge < -0.3 is 15.2 Å². The molecule has 0 bridgehead atoms. The predicted molar refractivity (Wildman–Crippen MR) is 112 cm³/mol. The zero-order valence-electron chi connectivity index (χ0n) is 17.1. The first-order valence-corrected chi connectivity index (χ1v) is 9.52. The summed E-state index contributed by atoms with van der Waals surface area (Å²) < 4.78 is 5.79. The largest absolute Gasteiger partial charge is 0.476 e. The number of hydrogen-bond donors (Lipinski definition) is 2. The van der Waals surface area contributed by atoms with Gasteiger partial charge in [-0.25, -0.2) is 9.78 Å². The molecule has 154 valence electrons. The number of rotatable bonds is 7. The highest BCUT2D eigenvalue weighted by Crippen LogP contribution is 2.29. The standard InChI is InChI=1S/C22H23N5O3/c1-14(9-22(2,3)27-21(28)29)13-30-20-15(10-23)8-16(11-26-20)17-4-7-25-19-5-6-24-12-18(17)19/h4-8,11-12,14,27H,9,13H2,1-3H3,(H,28,29). The summed E-state index contributed by atoms with van der Waals surface area (Å²) >= 11 is 0. The van der Waals surface area contributed by atoms with Crippen LogP contribution in [0, 0.1) is 17.2 Å². The van der Waals surface area contributed by atoms with Crippen molar-refractivity contribution in [3.8, 4) is 23.1 Å². The fourth-order valence-corrected chi connectivity index (χ4v) is 3.53. The normalized spacial score (nSPS) is 12.2. The highest BCUT2D eigenvalue weighted by atomic mass is 16.5. The summed E-state index contributed by atoms with van der Waals surface area (Å²) in [7, 11) is 0. The smallest absolute Gasteiger partial charge is 0.405 e. The van der Waals surface area contributed by atoms with Crippen LogP contribution in [-0.4, -0.2) is 38.3 Å². The Morgan fingerprint density at radius 1 is 1.30 bits per heavy atom. The lowest BCUT2D eigenvalue weighted by Gasteiger charge is -2.27. The lowest BCUT2D eigenvalue weighted by atomic mass is 9.92. The van der Waals surface area contributed by atoms with E-state index in [9.17, 15) is 10.1 Å². The van der Waals surface area contributed by atoms with E-state index in [1.165, 1.54) is 0 Å². The van der Waals surface area contributed by atoms with E-state index >= 15 is 0 Å². The molecule has 0 aliphatic heterocycles. The third-order valence-electron chi connectivity index (χ3n) is 4.63. The minimum Gasteiger partial charge on any atom is -0.476 e. The van der Waals surface area contributed by atoms with Crippen molar-refractivity contribution in [1.29, 1.82) is 5.26 Å². The quantitative estimate of drug-likeness (QED) is 0.609. The summed E-state index contributed by atoms with van der Waals surface area (Å²) in [5, 5.41) is 21.9. The summed E-state index contributed by atoms with van der Waals surface area (Å²) in [6.07, 6.45) is 6.32. The molecule has 0 aromatic carbocycles. The van der Waals surface area contributed by atoms with Gasteiger partial charge in [0.2, 0.25) is 5.88 Å². The summed E-state index contributed by atoms with van der Waals surface area (Å²) in [6.45, 7) is 5.91. The van der Waals surface area contributed by atoms with Crippen molar-refractivity contribution in [2.24, 2.45) is 5.92 Å². The van der Waals surface area contributed by atoms with E-state index < -0.39 is 11.6 Å². The van der Waals surface area contributed by atoms with Crippen LogP contribution in [-0.2, 0) is 0 Å². The molecule has 8 nitrogen and oxygen atoms in total. The van der Waals surface area contributed by atoms with Gasteiger partial charge in [0, 0.05) is 41.3 Å². The molecule has 3 aromatic heterocycles. The Labute approximate surface area is 174 Å². The van der Waals surface area contributed by atoms with Gasteiger partial charge in [0.15, 0.2) is 0 Å². The molecule has 1 atom stereocenters. The topological polar surface area (TPSA) is 121 Å². The second-order valence-corrected chi connectivity index (χ2v) is 7.87. The van der Waals surface area contributed by atoms with Crippen LogP contribution in [0.15, 0.2) is 43.0 Å². The lowest BCUT2D eigenvalue weighted by Crippen LogP contribution is -2.44. The van der Waals surface area contributed by atoms with Crippen molar-refractivity contribution in [2.75, 3.05) is 6.61 Å². The van der Waals surface area contributed by atoms with Gasteiger partial charge in [0.05, 0.1) is 12.1 Å². The van der Waals surface area contributed by atoms with Crippen molar-refractivity contribution in [1.82, 2.24) is 20.3 Å². The third kappa shape index (κ3) is 5.00. The lowest BCUT2D eigenvalue weighted by molar-refractivity contribution is 0.168. The summed E-state index contributed by atoms with van der Waals surface area (Å²) in [4.78, 5) is 23.7. The molecule has 3 heterocycles. The average molecular weight is 405 g/mol. The van der Waals surface area contributed by atoms with Crippen molar-refractivity contribution >= 4 is 17.0 Å².